The molecule has 1 aliphatic heterocycles. The Bertz CT molecular complexity index is 1450. The van der Waals surface area contributed by atoms with Gasteiger partial charge in [0.1, 0.15) is 0 Å². The van der Waals surface area contributed by atoms with E-state index in [1.807, 2.05) is 0 Å². The zero-order valence-electron chi connectivity index (χ0n) is 20.5. The molecule has 0 bridgehead atoms. The van der Waals surface area contributed by atoms with Crippen molar-refractivity contribution in [3.8, 4) is 11.5 Å². The van der Waals surface area contributed by atoms with Gasteiger partial charge in [-0.15, -0.1) is 5.10 Å². The first-order chi connectivity index (χ1) is 18.2. The lowest BCUT2D eigenvalue weighted by Gasteiger charge is -2.20. The van der Waals surface area contributed by atoms with E-state index in [0.717, 1.165) is 5.01 Å². The van der Waals surface area contributed by atoms with Gasteiger partial charge in [-0.25, -0.2) is 0 Å². The van der Waals surface area contributed by atoms with Gasteiger partial charge < -0.3 is 19.5 Å². The van der Waals surface area contributed by atoms with Crippen LogP contribution in [0, 0.1) is 10.1 Å². The Kier molecular flexibility index (Phi) is 7.33. The number of carbonyl (C=O) groups excluding carboxylic acids is 3. The number of carbonyl (C=O) groups is 3. The Morgan fingerprint density at radius 2 is 1.74 bits per heavy atom. The second-order valence-corrected chi connectivity index (χ2v) is 8.05. The zero-order valence-corrected chi connectivity index (χ0v) is 20.5. The van der Waals surface area contributed by atoms with E-state index in [9.17, 15) is 24.5 Å². The largest absolute Gasteiger partial charge is 0.493 e. The number of non-ortho nitro benzene ring substituents is 1. The van der Waals surface area contributed by atoms with Crippen molar-refractivity contribution < 1.29 is 33.5 Å². The Morgan fingerprint density at radius 1 is 1.03 bits per heavy atom. The maximum atomic E-state index is 12.8. The van der Waals surface area contributed by atoms with E-state index in [4.69, 9.17) is 14.2 Å². The molecule has 0 saturated carbocycles. The number of nitrogens with one attached hydrogen (secondary N) is 1. The summed E-state index contributed by atoms with van der Waals surface area (Å²) in [5.41, 5.74) is 1.33. The van der Waals surface area contributed by atoms with Gasteiger partial charge >= 0.3 is 5.97 Å². The SMILES string of the molecule is COc1cc(C2OC(c3ccccc3NC(=O)c3ccc([N+](=O)[O-])cc3)=NN2C(C)=O)ccc1OC(C)=O. The molecule has 1 atom stereocenters. The third-order valence-corrected chi connectivity index (χ3v) is 5.44. The number of nitro groups is 1. The Balaban J connectivity index is 1.61. The molecule has 4 rings (SSSR count). The fourth-order valence-electron chi connectivity index (χ4n) is 3.68. The maximum absolute atomic E-state index is 12.8. The van der Waals surface area contributed by atoms with Crippen LogP contribution in [-0.4, -0.2) is 40.7 Å². The number of esters is 1. The first-order valence-corrected chi connectivity index (χ1v) is 11.2. The first-order valence-electron chi connectivity index (χ1n) is 11.2. The second-order valence-electron chi connectivity index (χ2n) is 8.05. The van der Waals surface area contributed by atoms with Gasteiger partial charge in [0, 0.05) is 37.1 Å². The molecule has 194 valence electrons. The lowest BCUT2D eigenvalue weighted by Crippen LogP contribution is -2.25. The number of hydrazone groups is 1. The van der Waals surface area contributed by atoms with Crippen molar-refractivity contribution in [1.29, 1.82) is 0 Å². The summed E-state index contributed by atoms with van der Waals surface area (Å²) in [7, 11) is 1.41. The highest BCUT2D eigenvalue weighted by atomic mass is 16.6. The highest BCUT2D eigenvalue weighted by Gasteiger charge is 2.34. The summed E-state index contributed by atoms with van der Waals surface area (Å²) >= 11 is 0. The van der Waals surface area contributed by atoms with E-state index in [-0.39, 0.29) is 28.6 Å². The van der Waals surface area contributed by atoms with Crippen LogP contribution < -0.4 is 14.8 Å². The number of para-hydroxylation sites is 1. The van der Waals surface area contributed by atoms with Crippen LogP contribution in [0.1, 0.15) is 41.6 Å². The summed E-state index contributed by atoms with van der Waals surface area (Å²) in [6.07, 6.45) is -0.957. The first kappa shape index (κ1) is 25.8. The summed E-state index contributed by atoms with van der Waals surface area (Å²) < 4.78 is 16.5. The van der Waals surface area contributed by atoms with Crippen LogP contribution in [0.25, 0.3) is 0 Å². The van der Waals surface area contributed by atoms with Gasteiger partial charge in [-0.1, -0.05) is 12.1 Å². The standard InChI is InChI=1S/C26H22N4O8/c1-15(31)29-26(18-10-13-22(37-16(2)32)23(14-18)36-3)38-25(28-29)20-6-4-5-7-21(20)27-24(33)17-8-11-19(12-9-17)30(34)35/h4-14,26H,1-3H3,(H,27,33). The highest BCUT2D eigenvalue weighted by Crippen LogP contribution is 2.37. The smallest absolute Gasteiger partial charge is 0.308 e. The monoisotopic (exact) mass is 518 g/mol. The summed E-state index contributed by atoms with van der Waals surface area (Å²) in [5, 5.41) is 19.1. The minimum Gasteiger partial charge on any atom is -0.493 e. The van der Waals surface area contributed by atoms with E-state index >= 15 is 0 Å². The predicted octanol–water partition coefficient (Wildman–Crippen LogP) is 4.02. The van der Waals surface area contributed by atoms with Crippen LogP contribution in [0.3, 0.4) is 0 Å². The molecule has 1 aliphatic rings. The van der Waals surface area contributed by atoms with Crippen molar-refractivity contribution in [3.05, 3.63) is 93.5 Å². The van der Waals surface area contributed by atoms with E-state index in [2.05, 4.69) is 10.4 Å². The number of anilines is 1. The molecule has 1 N–H and O–H groups in total. The normalized spacial score (nSPS) is 14.2. The van der Waals surface area contributed by atoms with Crippen molar-refractivity contribution >= 4 is 35.1 Å². The average Bonchev–Trinajstić information content (AvgIpc) is 3.35. The van der Waals surface area contributed by atoms with Crippen LogP contribution in [0.5, 0.6) is 11.5 Å². The molecule has 0 spiro atoms. The highest BCUT2D eigenvalue weighted by molar-refractivity contribution is 6.09. The molecule has 0 aliphatic carbocycles. The Labute approximate surface area is 216 Å². The van der Waals surface area contributed by atoms with E-state index in [1.165, 1.54) is 51.3 Å². The average molecular weight is 518 g/mol. The third kappa shape index (κ3) is 5.43. The number of hydrogen-bond acceptors (Lipinski definition) is 9. The maximum Gasteiger partial charge on any atom is 0.308 e. The van der Waals surface area contributed by atoms with Crippen LogP contribution in [0.15, 0.2) is 71.8 Å². The Morgan fingerprint density at radius 3 is 2.37 bits per heavy atom. The number of ether oxygens (including phenoxy) is 3. The van der Waals surface area contributed by atoms with Crippen LogP contribution in [-0.2, 0) is 14.3 Å². The molecule has 1 unspecified atom stereocenters. The van der Waals surface area contributed by atoms with Crippen LogP contribution in [0.4, 0.5) is 11.4 Å². The summed E-state index contributed by atoms with van der Waals surface area (Å²) in [4.78, 5) is 46.9. The predicted molar refractivity (Wildman–Crippen MR) is 135 cm³/mol. The second kappa shape index (κ2) is 10.8. The van der Waals surface area contributed by atoms with Crippen molar-refractivity contribution in [2.24, 2.45) is 5.10 Å². The van der Waals surface area contributed by atoms with Gasteiger partial charge in [0.15, 0.2) is 11.5 Å². The van der Waals surface area contributed by atoms with Crippen molar-refractivity contribution in [2.75, 3.05) is 12.4 Å². The molecule has 1 heterocycles. The van der Waals surface area contributed by atoms with Crippen molar-refractivity contribution in [1.82, 2.24) is 5.01 Å². The molecule has 2 amide bonds. The fourth-order valence-corrected chi connectivity index (χ4v) is 3.68. The number of hydrogen-bond donors (Lipinski definition) is 1. The number of benzene rings is 3. The molecule has 0 fully saturated rings. The number of nitro benzene ring substituents is 1. The number of methoxy groups -OCH3 is 1. The fraction of sp³-hybridized carbons (Fsp3) is 0.154. The number of rotatable bonds is 7. The topological polar surface area (TPSA) is 150 Å². The minimum absolute atomic E-state index is 0.0767. The zero-order chi connectivity index (χ0) is 27.4. The van der Waals surface area contributed by atoms with Crippen molar-refractivity contribution in [3.63, 3.8) is 0 Å². The molecule has 12 heteroatoms. The molecule has 3 aromatic rings. The van der Waals surface area contributed by atoms with E-state index in [1.54, 1.807) is 36.4 Å². The molecule has 12 nitrogen and oxygen atoms in total. The lowest BCUT2D eigenvalue weighted by atomic mass is 10.1. The quantitative estimate of drug-likeness (QED) is 0.213. The van der Waals surface area contributed by atoms with E-state index in [0.29, 0.717) is 16.8 Å². The molecule has 38 heavy (non-hydrogen) atoms. The Hall–Kier alpha value is -5.26. The van der Waals surface area contributed by atoms with Gasteiger partial charge in [0.2, 0.25) is 18.0 Å². The number of nitrogens with zero attached hydrogens (tertiary/aromatic N) is 3. The molecule has 3 aromatic carbocycles. The molecular formula is C26H22N4O8. The van der Waals surface area contributed by atoms with Gasteiger partial charge in [-0.05, 0) is 42.5 Å². The number of amides is 2. The summed E-state index contributed by atoms with van der Waals surface area (Å²) in [6.45, 7) is 2.60. The van der Waals surface area contributed by atoms with Gasteiger partial charge in [-0.3, -0.25) is 24.5 Å². The molecule has 0 saturated heterocycles. The van der Waals surface area contributed by atoms with Crippen LogP contribution in [0.2, 0.25) is 0 Å². The van der Waals surface area contributed by atoms with Crippen molar-refractivity contribution in [2.45, 2.75) is 20.1 Å². The lowest BCUT2D eigenvalue weighted by molar-refractivity contribution is -0.384. The molecule has 0 aromatic heterocycles. The van der Waals surface area contributed by atoms with Gasteiger partial charge in [0.25, 0.3) is 11.6 Å². The minimum atomic E-state index is -0.957. The molecular weight excluding hydrogens is 496 g/mol. The molecule has 0 radical (unpaired) electrons. The summed E-state index contributed by atoms with van der Waals surface area (Å²) in [5.74, 6) is -0.882. The van der Waals surface area contributed by atoms with E-state index < -0.39 is 28.9 Å². The van der Waals surface area contributed by atoms with Crippen LogP contribution >= 0.6 is 0 Å². The van der Waals surface area contributed by atoms with Gasteiger partial charge in [0.05, 0.1) is 23.3 Å². The third-order valence-electron chi connectivity index (χ3n) is 5.44. The summed E-state index contributed by atoms with van der Waals surface area (Å²) in [6, 6.07) is 16.6. The van der Waals surface area contributed by atoms with Gasteiger partial charge in [-0.2, -0.15) is 5.01 Å².